The number of nitrogens with one attached hydrogen (secondary N) is 2. The molecule has 0 saturated heterocycles. The molecule has 0 aliphatic rings. The minimum atomic E-state index is -0.247. The van der Waals surface area contributed by atoms with E-state index in [1.165, 1.54) is 5.56 Å². The second kappa shape index (κ2) is 7.82. The van der Waals surface area contributed by atoms with Gasteiger partial charge in [-0.3, -0.25) is 9.67 Å². The number of hydrogen-bond donors (Lipinski definition) is 2. The average molecular weight is 349 g/mol. The van der Waals surface area contributed by atoms with Crippen molar-refractivity contribution >= 4 is 11.7 Å². The summed E-state index contributed by atoms with van der Waals surface area (Å²) in [6, 6.07) is 11.5. The molecule has 2 heterocycles. The van der Waals surface area contributed by atoms with Crippen LogP contribution in [0.15, 0.2) is 55.0 Å². The lowest BCUT2D eigenvalue weighted by molar-refractivity contribution is 0.252. The van der Waals surface area contributed by atoms with E-state index in [0.717, 1.165) is 22.5 Å². The number of aromatic nitrogens is 3. The Morgan fingerprint density at radius 3 is 2.62 bits per heavy atom. The van der Waals surface area contributed by atoms with Gasteiger partial charge in [-0.25, -0.2) is 4.79 Å². The van der Waals surface area contributed by atoms with Crippen molar-refractivity contribution < 1.29 is 4.79 Å². The van der Waals surface area contributed by atoms with Crippen LogP contribution in [0.4, 0.5) is 10.5 Å². The topological polar surface area (TPSA) is 71.8 Å². The van der Waals surface area contributed by atoms with Gasteiger partial charge in [-0.1, -0.05) is 32.0 Å². The molecule has 0 fully saturated rings. The van der Waals surface area contributed by atoms with Gasteiger partial charge in [0.25, 0.3) is 0 Å². The molecule has 6 heteroatoms. The molecule has 26 heavy (non-hydrogen) atoms. The molecule has 2 N–H and O–H groups in total. The first-order valence-corrected chi connectivity index (χ1v) is 8.60. The number of anilines is 1. The highest BCUT2D eigenvalue weighted by atomic mass is 16.2. The summed E-state index contributed by atoms with van der Waals surface area (Å²) in [7, 11) is 1.86. The molecule has 2 aromatic heterocycles. The molecule has 1 aromatic carbocycles. The van der Waals surface area contributed by atoms with Crippen molar-refractivity contribution in [2.45, 2.75) is 26.3 Å². The van der Waals surface area contributed by atoms with Crippen LogP contribution in [0, 0.1) is 0 Å². The molecule has 134 valence electrons. The van der Waals surface area contributed by atoms with Crippen molar-refractivity contribution in [2.75, 3.05) is 5.32 Å². The van der Waals surface area contributed by atoms with Gasteiger partial charge in [0.1, 0.15) is 0 Å². The third kappa shape index (κ3) is 4.27. The molecule has 3 aromatic rings. The van der Waals surface area contributed by atoms with Gasteiger partial charge in [0, 0.05) is 37.2 Å². The maximum Gasteiger partial charge on any atom is 0.319 e. The van der Waals surface area contributed by atoms with Crippen molar-refractivity contribution in [3.05, 3.63) is 66.1 Å². The van der Waals surface area contributed by atoms with Gasteiger partial charge in [-0.2, -0.15) is 5.10 Å². The van der Waals surface area contributed by atoms with E-state index in [-0.39, 0.29) is 6.03 Å². The average Bonchev–Trinajstić information content (AvgIpc) is 3.07. The van der Waals surface area contributed by atoms with E-state index in [0.29, 0.717) is 12.5 Å². The van der Waals surface area contributed by atoms with E-state index >= 15 is 0 Å². The highest BCUT2D eigenvalue weighted by Gasteiger charge is 2.10. The number of pyridine rings is 1. The summed E-state index contributed by atoms with van der Waals surface area (Å²) in [6.07, 6.45) is 5.41. The van der Waals surface area contributed by atoms with Crippen LogP contribution in [0.25, 0.3) is 11.3 Å². The summed E-state index contributed by atoms with van der Waals surface area (Å²) in [6.45, 7) is 4.67. The fourth-order valence-electron chi connectivity index (χ4n) is 2.69. The fourth-order valence-corrected chi connectivity index (χ4v) is 2.69. The minimum absolute atomic E-state index is 0.247. The molecule has 0 atom stereocenters. The zero-order chi connectivity index (χ0) is 18.5. The van der Waals surface area contributed by atoms with Crippen molar-refractivity contribution in [1.82, 2.24) is 20.1 Å². The van der Waals surface area contributed by atoms with Crippen molar-refractivity contribution in [1.29, 1.82) is 0 Å². The fraction of sp³-hybridized carbons (Fsp3) is 0.250. The van der Waals surface area contributed by atoms with E-state index in [1.807, 2.05) is 49.6 Å². The van der Waals surface area contributed by atoms with Crippen LogP contribution < -0.4 is 10.6 Å². The summed E-state index contributed by atoms with van der Waals surface area (Å²) in [5.41, 5.74) is 4.69. The summed E-state index contributed by atoms with van der Waals surface area (Å²) in [5.74, 6) is 0.467. The van der Waals surface area contributed by atoms with Gasteiger partial charge in [0.05, 0.1) is 11.9 Å². The molecule has 0 bridgehead atoms. The number of amides is 2. The molecule has 0 aliphatic heterocycles. The lowest BCUT2D eigenvalue weighted by Crippen LogP contribution is -2.28. The molecule has 0 radical (unpaired) electrons. The Morgan fingerprint density at radius 2 is 1.96 bits per heavy atom. The van der Waals surface area contributed by atoms with Crippen LogP contribution in [0.1, 0.15) is 30.9 Å². The normalized spacial score (nSPS) is 10.8. The molecular formula is C20H23N5O. The van der Waals surface area contributed by atoms with Crippen molar-refractivity contribution in [3.63, 3.8) is 0 Å². The summed E-state index contributed by atoms with van der Waals surface area (Å²) >= 11 is 0. The number of carbonyl (C=O) groups excluding carboxylic acids is 1. The maximum absolute atomic E-state index is 12.2. The van der Waals surface area contributed by atoms with Crippen molar-refractivity contribution in [3.8, 4) is 11.3 Å². The van der Waals surface area contributed by atoms with Gasteiger partial charge in [0.15, 0.2) is 0 Å². The molecular weight excluding hydrogens is 326 g/mol. The Kier molecular flexibility index (Phi) is 5.31. The van der Waals surface area contributed by atoms with Crippen LogP contribution in [-0.2, 0) is 13.6 Å². The molecule has 0 unspecified atom stereocenters. The minimum Gasteiger partial charge on any atom is -0.334 e. The first kappa shape index (κ1) is 17.7. The Labute approximate surface area is 153 Å². The number of carbonyl (C=O) groups is 1. The predicted molar refractivity (Wildman–Crippen MR) is 103 cm³/mol. The Bertz CT molecular complexity index is 883. The van der Waals surface area contributed by atoms with E-state index in [9.17, 15) is 4.79 Å². The van der Waals surface area contributed by atoms with Gasteiger partial charge in [-0.15, -0.1) is 0 Å². The quantitative estimate of drug-likeness (QED) is 0.733. The highest BCUT2D eigenvalue weighted by molar-refractivity contribution is 5.89. The third-order valence-corrected chi connectivity index (χ3v) is 4.14. The summed E-state index contributed by atoms with van der Waals surface area (Å²) < 4.78 is 1.73. The molecule has 0 spiro atoms. The molecule has 2 amide bonds. The van der Waals surface area contributed by atoms with Crippen LogP contribution in [0.5, 0.6) is 0 Å². The molecule has 6 nitrogen and oxygen atoms in total. The van der Waals surface area contributed by atoms with Gasteiger partial charge < -0.3 is 10.6 Å². The van der Waals surface area contributed by atoms with E-state index < -0.39 is 0 Å². The first-order chi connectivity index (χ1) is 12.5. The zero-order valence-electron chi connectivity index (χ0n) is 15.2. The van der Waals surface area contributed by atoms with Crippen LogP contribution in [-0.4, -0.2) is 20.8 Å². The van der Waals surface area contributed by atoms with E-state index in [1.54, 1.807) is 17.1 Å². The standard InChI is InChI=1S/C20H23N5O/c1-14(2)15-6-8-18(9-7-15)24-20(26)22-11-16-5-4-10-21-19(16)17-12-23-25(3)13-17/h4-10,12-14H,11H2,1-3H3,(H2,22,24,26). The third-order valence-electron chi connectivity index (χ3n) is 4.14. The van der Waals surface area contributed by atoms with Gasteiger partial charge in [0.2, 0.25) is 0 Å². The molecule has 3 rings (SSSR count). The second-order valence-electron chi connectivity index (χ2n) is 6.50. The number of hydrogen-bond acceptors (Lipinski definition) is 3. The van der Waals surface area contributed by atoms with Gasteiger partial charge >= 0.3 is 6.03 Å². The number of urea groups is 1. The number of nitrogens with zero attached hydrogens (tertiary/aromatic N) is 3. The Balaban J connectivity index is 1.63. The van der Waals surface area contributed by atoms with Crippen molar-refractivity contribution in [2.24, 2.45) is 7.05 Å². The largest absolute Gasteiger partial charge is 0.334 e. The summed E-state index contributed by atoms with van der Waals surface area (Å²) in [5, 5.41) is 9.92. The second-order valence-corrected chi connectivity index (χ2v) is 6.50. The van der Waals surface area contributed by atoms with Gasteiger partial charge in [-0.05, 0) is 35.2 Å². The number of benzene rings is 1. The van der Waals surface area contributed by atoms with Crippen LogP contribution in [0.3, 0.4) is 0 Å². The monoisotopic (exact) mass is 349 g/mol. The lowest BCUT2D eigenvalue weighted by Gasteiger charge is -2.11. The lowest BCUT2D eigenvalue weighted by atomic mass is 10.0. The Hall–Kier alpha value is -3.15. The van der Waals surface area contributed by atoms with Crippen LogP contribution >= 0.6 is 0 Å². The van der Waals surface area contributed by atoms with Crippen LogP contribution in [0.2, 0.25) is 0 Å². The molecule has 0 aliphatic carbocycles. The number of aryl methyl sites for hydroxylation is 1. The number of rotatable bonds is 5. The zero-order valence-corrected chi connectivity index (χ0v) is 15.2. The van der Waals surface area contributed by atoms with E-state index in [2.05, 4.69) is 34.6 Å². The predicted octanol–water partition coefficient (Wildman–Crippen LogP) is 3.93. The highest BCUT2D eigenvalue weighted by Crippen LogP contribution is 2.20. The molecule has 0 saturated carbocycles. The van der Waals surface area contributed by atoms with E-state index in [4.69, 9.17) is 0 Å². The SMILES string of the molecule is CC(C)c1ccc(NC(=O)NCc2cccnc2-c2cnn(C)c2)cc1. The Morgan fingerprint density at radius 1 is 1.19 bits per heavy atom. The first-order valence-electron chi connectivity index (χ1n) is 8.60. The maximum atomic E-state index is 12.2. The summed E-state index contributed by atoms with van der Waals surface area (Å²) in [4.78, 5) is 16.6. The smallest absolute Gasteiger partial charge is 0.319 e.